The van der Waals surface area contributed by atoms with Crippen molar-refractivity contribution < 1.29 is 17.7 Å². The summed E-state index contributed by atoms with van der Waals surface area (Å²) in [5.74, 6) is -1.54. The second-order valence-electron chi connectivity index (χ2n) is 4.62. The van der Waals surface area contributed by atoms with E-state index in [0.29, 0.717) is 6.42 Å². The SMILES string of the molecule is N[C@H](Cc1c[nH]c2ccccc12)c1nc(C(F)(F)F)no1. The first-order valence-corrected chi connectivity index (χ1v) is 6.16. The Bertz CT molecular complexity index is 762. The van der Waals surface area contributed by atoms with Crippen molar-refractivity contribution in [3.63, 3.8) is 0 Å². The molecule has 0 amide bonds. The number of aromatic nitrogens is 3. The topological polar surface area (TPSA) is 80.7 Å². The molecule has 2 aromatic heterocycles. The van der Waals surface area contributed by atoms with Gasteiger partial charge >= 0.3 is 6.18 Å². The first-order valence-electron chi connectivity index (χ1n) is 6.16. The van der Waals surface area contributed by atoms with Crippen molar-refractivity contribution in [3.05, 3.63) is 47.7 Å². The third-order valence-corrected chi connectivity index (χ3v) is 3.13. The second-order valence-corrected chi connectivity index (χ2v) is 4.62. The summed E-state index contributed by atoms with van der Waals surface area (Å²) in [6.07, 6.45) is -2.57. The van der Waals surface area contributed by atoms with E-state index in [0.717, 1.165) is 16.5 Å². The minimum Gasteiger partial charge on any atom is -0.361 e. The van der Waals surface area contributed by atoms with Crippen LogP contribution in [0.4, 0.5) is 13.2 Å². The first kappa shape index (κ1) is 13.6. The lowest BCUT2D eigenvalue weighted by molar-refractivity contribution is -0.146. The number of nitrogens with two attached hydrogens (primary N) is 1. The highest BCUT2D eigenvalue weighted by Crippen LogP contribution is 2.28. The fraction of sp³-hybridized carbons (Fsp3) is 0.231. The Hall–Kier alpha value is -2.35. The number of alkyl halides is 3. The lowest BCUT2D eigenvalue weighted by atomic mass is 10.1. The number of para-hydroxylation sites is 1. The van der Waals surface area contributed by atoms with Crippen LogP contribution in [0.1, 0.15) is 23.3 Å². The monoisotopic (exact) mass is 296 g/mol. The smallest absolute Gasteiger partial charge is 0.361 e. The predicted octanol–water partition coefficient (Wildman–Crippen LogP) is 2.81. The van der Waals surface area contributed by atoms with E-state index in [1.807, 2.05) is 24.3 Å². The summed E-state index contributed by atoms with van der Waals surface area (Å²) >= 11 is 0. The van der Waals surface area contributed by atoms with Gasteiger partial charge in [0.2, 0.25) is 5.89 Å². The average Bonchev–Trinajstić information content (AvgIpc) is 3.05. The molecule has 3 N–H and O–H groups in total. The number of halogens is 3. The molecule has 110 valence electrons. The van der Waals surface area contributed by atoms with Gasteiger partial charge in [-0.15, -0.1) is 0 Å². The van der Waals surface area contributed by atoms with Gasteiger partial charge in [0.1, 0.15) is 0 Å². The van der Waals surface area contributed by atoms with E-state index in [1.54, 1.807) is 6.20 Å². The van der Waals surface area contributed by atoms with Crippen LogP contribution < -0.4 is 5.73 Å². The third-order valence-electron chi connectivity index (χ3n) is 3.13. The Balaban J connectivity index is 1.83. The molecular weight excluding hydrogens is 285 g/mol. The van der Waals surface area contributed by atoms with Crippen molar-refractivity contribution in [2.24, 2.45) is 5.73 Å². The molecule has 0 radical (unpaired) electrons. The van der Waals surface area contributed by atoms with Crippen LogP contribution >= 0.6 is 0 Å². The van der Waals surface area contributed by atoms with Crippen LogP contribution in [0.15, 0.2) is 35.0 Å². The Morgan fingerprint density at radius 1 is 1.29 bits per heavy atom. The summed E-state index contributed by atoms with van der Waals surface area (Å²) in [6, 6.07) is 6.77. The zero-order valence-electron chi connectivity index (χ0n) is 10.7. The van der Waals surface area contributed by atoms with Crippen LogP contribution in [0.5, 0.6) is 0 Å². The molecule has 1 atom stereocenters. The van der Waals surface area contributed by atoms with Gasteiger partial charge in [-0.1, -0.05) is 23.4 Å². The van der Waals surface area contributed by atoms with Gasteiger partial charge in [-0.2, -0.15) is 18.2 Å². The molecule has 3 rings (SSSR count). The molecule has 0 aliphatic carbocycles. The predicted molar refractivity (Wildman–Crippen MR) is 68.2 cm³/mol. The van der Waals surface area contributed by atoms with Crippen molar-refractivity contribution in [1.82, 2.24) is 15.1 Å². The number of aromatic amines is 1. The van der Waals surface area contributed by atoms with Gasteiger partial charge in [-0.05, 0) is 18.1 Å². The van der Waals surface area contributed by atoms with Gasteiger partial charge in [0, 0.05) is 17.1 Å². The number of hydrogen-bond donors (Lipinski definition) is 2. The molecular formula is C13H11F3N4O. The van der Waals surface area contributed by atoms with Gasteiger partial charge in [0.15, 0.2) is 0 Å². The molecule has 0 saturated heterocycles. The van der Waals surface area contributed by atoms with Gasteiger partial charge in [0.25, 0.3) is 5.82 Å². The van der Waals surface area contributed by atoms with Crippen LogP contribution in [0, 0.1) is 0 Å². The number of benzene rings is 1. The number of nitrogens with zero attached hydrogens (tertiary/aromatic N) is 2. The highest BCUT2D eigenvalue weighted by Gasteiger charge is 2.37. The summed E-state index contributed by atoms with van der Waals surface area (Å²) in [4.78, 5) is 6.38. The summed E-state index contributed by atoms with van der Waals surface area (Å²) in [5, 5.41) is 3.86. The fourth-order valence-electron chi connectivity index (χ4n) is 2.13. The minimum absolute atomic E-state index is 0.229. The maximum Gasteiger partial charge on any atom is 0.455 e. The molecule has 8 heteroatoms. The number of rotatable bonds is 3. The molecule has 5 nitrogen and oxygen atoms in total. The average molecular weight is 296 g/mol. The van der Waals surface area contributed by atoms with E-state index in [9.17, 15) is 13.2 Å². The van der Waals surface area contributed by atoms with Gasteiger partial charge < -0.3 is 15.2 Å². The highest BCUT2D eigenvalue weighted by molar-refractivity contribution is 5.83. The molecule has 21 heavy (non-hydrogen) atoms. The number of hydrogen-bond acceptors (Lipinski definition) is 4. The van der Waals surface area contributed by atoms with Gasteiger partial charge in [-0.3, -0.25) is 0 Å². The maximum atomic E-state index is 12.4. The highest BCUT2D eigenvalue weighted by atomic mass is 19.4. The Morgan fingerprint density at radius 3 is 2.76 bits per heavy atom. The quantitative estimate of drug-likeness (QED) is 0.778. The fourth-order valence-corrected chi connectivity index (χ4v) is 2.13. The number of nitrogens with one attached hydrogen (secondary N) is 1. The molecule has 0 aliphatic rings. The van der Waals surface area contributed by atoms with Crippen molar-refractivity contribution in [2.75, 3.05) is 0 Å². The Kier molecular flexibility index (Phi) is 3.17. The Morgan fingerprint density at radius 2 is 2.05 bits per heavy atom. The van der Waals surface area contributed by atoms with E-state index < -0.39 is 18.0 Å². The van der Waals surface area contributed by atoms with Crippen molar-refractivity contribution in [1.29, 1.82) is 0 Å². The molecule has 3 aromatic rings. The number of H-pyrrole nitrogens is 1. The van der Waals surface area contributed by atoms with Gasteiger partial charge in [0.05, 0.1) is 6.04 Å². The zero-order chi connectivity index (χ0) is 15.0. The minimum atomic E-state index is -4.64. The van der Waals surface area contributed by atoms with Crippen LogP contribution in [-0.4, -0.2) is 15.1 Å². The summed E-state index contributed by atoms with van der Waals surface area (Å²) in [5.41, 5.74) is 7.67. The van der Waals surface area contributed by atoms with Crippen LogP contribution in [0.2, 0.25) is 0 Å². The molecule has 0 aliphatic heterocycles. The van der Waals surface area contributed by atoms with Crippen molar-refractivity contribution in [2.45, 2.75) is 18.6 Å². The molecule has 0 spiro atoms. The second kappa shape index (κ2) is 4.88. The number of fused-ring (bicyclic) bond motifs is 1. The van der Waals surface area contributed by atoms with Gasteiger partial charge in [-0.25, -0.2) is 0 Å². The van der Waals surface area contributed by atoms with Crippen LogP contribution in [0.25, 0.3) is 10.9 Å². The van der Waals surface area contributed by atoms with E-state index in [4.69, 9.17) is 5.73 Å². The van der Waals surface area contributed by atoms with Crippen LogP contribution in [0.3, 0.4) is 0 Å². The van der Waals surface area contributed by atoms with Crippen LogP contribution in [-0.2, 0) is 12.6 Å². The van der Waals surface area contributed by atoms with Crippen molar-refractivity contribution in [3.8, 4) is 0 Å². The molecule has 1 aromatic carbocycles. The van der Waals surface area contributed by atoms with E-state index in [-0.39, 0.29) is 5.89 Å². The zero-order valence-corrected chi connectivity index (χ0v) is 10.7. The van der Waals surface area contributed by atoms with E-state index in [1.165, 1.54) is 0 Å². The largest absolute Gasteiger partial charge is 0.455 e. The maximum absolute atomic E-state index is 12.4. The molecule has 0 bridgehead atoms. The Labute approximate surface area is 116 Å². The van der Waals surface area contributed by atoms with Crippen molar-refractivity contribution >= 4 is 10.9 Å². The summed E-state index contributed by atoms with van der Waals surface area (Å²) < 4.78 is 41.9. The third kappa shape index (κ3) is 2.62. The summed E-state index contributed by atoms with van der Waals surface area (Å²) in [6.45, 7) is 0. The summed E-state index contributed by atoms with van der Waals surface area (Å²) in [7, 11) is 0. The first-order chi connectivity index (χ1) is 9.95. The lowest BCUT2D eigenvalue weighted by Crippen LogP contribution is -2.14. The van der Waals surface area contributed by atoms with E-state index in [2.05, 4.69) is 19.6 Å². The van der Waals surface area contributed by atoms with E-state index >= 15 is 0 Å². The molecule has 0 saturated carbocycles. The molecule has 0 unspecified atom stereocenters. The molecule has 0 fully saturated rings. The normalized spacial score (nSPS) is 13.7. The molecule has 2 heterocycles. The lowest BCUT2D eigenvalue weighted by Gasteiger charge is -2.05. The standard InChI is InChI=1S/C13H11F3N4O/c14-13(15,16)12-19-11(21-20-12)9(17)5-7-6-18-10-4-2-1-3-8(7)10/h1-4,6,9,18H,5,17H2/t9-/m1/s1.